The second kappa shape index (κ2) is 11.9. The largest absolute Gasteiger partial charge is 0.445 e. The lowest BCUT2D eigenvalue weighted by Crippen LogP contribution is -2.57. The van der Waals surface area contributed by atoms with Crippen LogP contribution >= 0.6 is 0 Å². The molecule has 9 heteroatoms. The Hall–Kier alpha value is -2.94. The summed E-state index contributed by atoms with van der Waals surface area (Å²) >= 11 is 0. The van der Waals surface area contributed by atoms with Crippen LogP contribution < -0.4 is 16.0 Å². The second-order valence-corrected chi connectivity index (χ2v) is 7.39. The van der Waals surface area contributed by atoms with Gasteiger partial charge >= 0.3 is 6.09 Å². The minimum atomic E-state index is -1.13. The third kappa shape index (κ3) is 7.47. The molecule has 30 heavy (non-hydrogen) atoms. The molecule has 1 aliphatic heterocycles. The lowest BCUT2D eigenvalue weighted by Gasteiger charge is -2.25. The monoisotopic (exact) mass is 419 g/mol. The first-order valence-electron chi connectivity index (χ1n) is 10.1. The van der Waals surface area contributed by atoms with E-state index in [9.17, 15) is 19.2 Å². The Balaban J connectivity index is 1.96. The molecule has 2 unspecified atom stereocenters. The van der Waals surface area contributed by atoms with Crippen molar-refractivity contribution in [2.75, 3.05) is 19.8 Å². The highest BCUT2D eigenvalue weighted by Crippen LogP contribution is 2.06. The molecular weight excluding hydrogens is 390 g/mol. The van der Waals surface area contributed by atoms with Crippen LogP contribution in [-0.4, -0.2) is 55.5 Å². The Morgan fingerprint density at radius 1 is 1.20 bits per heavy atom. The first-order chi connectivity index (χ1) is 14.4. The summed E-state index contributed by atoms with van der Waals surface area (Å²) < 4.78 is 10.6. The van der Waals surface area contributed by atoms with Gasteiger partial charge in [-0.2, -0.15) is 0 Å². The molecule has 3 amide bonds. The Kier molecular flexibility index (Phi) is 9.27. The van der Waals surface area contributed by atoms with E-state index >= 15 is 0 Å². The number of hydrogen-bond donors (Lipinski definition) is 3. The minimum absolute atomic E-state index is 0.0637. The summed E-state index contributed by atoms with van der Waals surface area (Å²) in [6.45, 7) is 4.25. The van der Waals surface area contributed by atoms with Gasteiger partial charge in [-0.15, -0.1) is 0 Å². The van der Waals surface area contributed by atoms with Gasteiger partial charge in [-0.05, 0) is 24.3 Å². The van der Waals surface area contributed by atoms with Crippen LogP contribution in [0.1, 0.15) is 32.3 Å². The van der Waals surface area contributed by atoms with Crippen LogP contribution in [0.15, 0.2) is 30.3 Å². The average molecular weight is 419 g/mol. The molecule has 0 spiro atoms. The molecule has 0 bridgehead atoms. The van der Waals surface area contributed by atoms with Gasteiger partial charge < -0.3 is 25.4 Å². The first kappa shape index (κ1) is 23.3. The first-order valence-corrected chi connectivity index (χ1v) is 10.1. The molecule has 2 atom stereocenters. The van der Waals surface area contributed by atoms with E-state index in [0.29, 0.717) is 19.6 Å². The summed E-state index contributed by atoms with van der Waals surface area (Å²) in [7, 11) is 0. The van der Waals surface area contributed by atoms with Crippen LogP contribution in [0.25, 0.3) is 0 Å². The smallest absolute Gasteiger partial charge is 0.408 e. The summed E-state index contributed by atoms with van der Waals surface area (Å²) in [6.07, 6.45) is 0.693. The van der Waals surface area contributed by atoms with Crippen molar-refractivity contribution in [3.8, 4) is 0 Å². The van der Waals surface area contributed by atoms with Gasteiger partial charge in [0.25, 0.3) is 5.91 Å². The normalized spacial score (nSPS) is 18.8. The zero-order chi connectivity index (χ0) is 21.9. The number of benzene rings is 1. The van der Waals surface area contributed by atoms with E-state index < -0.39 is 35.8 Å². The number of rotatable bonds is 6. The Labute approximate surface area is 175 Å². The molecule has 1 aliphatic rings. The molecule has 1 aromatic rings. The third-order valence-electron chi connectivity index (χ3n) is 4.58. The lowest BCUT2D eigenvalue weighted by atomic mass is 10.0. The van der Waals surface area contributed by atoms with Crippen LogP contribution in [0.3, 0.4) is 0 Å². The van der Waals surface area contributed by atoms with Crippen molar-refractivity contribution in [1.29, 1.82) is 0 Å². The molecule has 1 saturated heterocycles. The Morgan fingerprint density at radius 3 is 2.63 bits per heavy atom. The van der Waals surface area contributed by atoms with Crippen LogP contribution in [-0.2, 0) is 30.5 Å². The molecule has 0 radical (unpaired) electrons. The SMILES string of the molecule is CC(C)C(NC(=O)OCc1ccccc1)C(=O)NC1COCCCCNC(=O)C1=O. The summed E-state index contributed by atoms with van der Waals surface area (Å²) in [6, 6.07) is 7.07. The fraction of sp³-hybridized carbons (Fsp3) is 0.524. The van der Waals surface area contributed by atoms with Gasteiger partial charge in [0.1, 0.15) is 18.7 Å². The van der Waals surface area contributed by atoms with Crippen molar-refractivity contribution in [2.24, 2.45) is 5.92 Å². The van der Waals surface area contributed by atoms with Gasteiger partial charge in [0.2, 0.25) is 11.7 Å². The standard InChI is InChI=1S/C21H29N3O6/c1-14(2)17(24-21(28)30-12-15-8-4-3-5-9-15)19(26)23-16-13-29-11-7-6-10-22-20(27)18(16)25/h3-5,8-9,14,16-17H,6-7,10-13H2,1-2H3,(H,22,27)(H,23,26)(H,24,28). The van der Waals surface area contributed by atoms with E-state index in [1.807, 2.05) is 30.3 Å². The van der Waals surface area contributed by atoms with Crippen LogP contribution in [0.5, 0.6) is 0 Å². The number of hydrogen-bond acceptors (Lipinski definition) is 6. The van der Waals surface area contributed by atoms with E-state index in [2.05, 4.69) is 16.0 Å². The van der Waals surface area contributed by atoms with Crippen molar-refractivity contribution in [2.45, 2.75) is 45.4 Å². The maximum absolute atomic E-state index is 12.7. The number of nitrogens with one attached hydrogen (secondary N) is 3. The molecule has 0 saturated carbocycles. The highest BCUT2D eigenvalue weighted by atomic mass is 16.5. The average Bonchev–Trinajstić information content (AvgIpc) is 2.73. The maximum atomic E-state index is 12.7. The Bertz CT molecular complexity index is 738. The fourth-order valence-electron chi connectivity index (χ4n) is 2.85. The predicted molar refractivity (Wildman–Crippen MR) is 108 cm³/mol. The minimum Gasteiger partial charge on any atom is -0.445 e. The number of carbonyl (C=O) groups excluding carboxylic acids is 4. The zero-order valence-corrected chi connectivity index (χ0v) is 17.3. The van der Waals surface area contributed by atoms with E-state index in [1.165, 1.54) is 0 Å². The molecule has 3 N–H and O–H groups in total. The Morgan fingerprint density at radius 2 is 1.93 bits per heavy atom. The number of ether oxygens (including phenoxy) is 2. The van der Waals surface area contributed by atoms with E-state index in [1.54, 1.807) is 13.8 Å². The van der Waals surface area contributed by atoms with Crippen molar-refractivity contribution in [3.05, 3.63) is 35.9 Å². The van der Waals surface area contributed by atoms with Crippen LogP contribution in [0, 0.1) is 5.92 Å². The van der Waals surface area contributed by atoms with Crippen molar-refractivity contribution in [3.63, 3.8) is 0 Å². The highest BCUT2D eigenvalue weighted by molar-refractivity contribution is 6.38. The van der Waals surface area contributed by atoms with Crippen LogP contribution in [0.4, 0.5) is 4.79 Å². The number of amides is 3. The van der Waals surface area contributed by atoms with Crippen molar-refractivity contribution in [1.82, 2.24) is 16.0 Å². The molecule has 164 valence electrons. The van der Waals surface area contributed by atoms with Gasteiger partial charge in [0.15, 0.2) is 0 Å². The molecule has 0 aliphatic carbocycles. The van der Waals surface area contributed by atoms with Crippen molar-refractivity contribution >= 4 is 23.7 Å². The maximum Gasteiger partial charge on any atom is 0.408 e. The number of ketones is 1. The highest BCUT2D eigenvalue weighted by Gasteiger charge is 2.32. The molecule has 0 aromatic heterocycles. The van der Waals surface area contributed by atoms with Crippen molar-refractivity contribution < 1.29 is 28.7 Å². The predicted octanol–water partition coefficient (Wildman–Crippen LogP) is 0.918. The number of alkyl carbamates (subject to hydrolysis) is 1. The topological polar surface area (TPSA) is 123 Å². The molecule has 1 fully saturated rings. The van der Waals surface area contributed by atoms with E-state index in [4.69, 9.17) is 9.47 Å². The lowest BCUT2D eigenvalue weighted by molar-refractivity contribution is -0.141. The molecule has 2 rings (SSSR count). The van der Waals surface area contributed by atoms with Gasteiger partial charge in [-0.1, -0.05) is 44.2 Å². The van der Waals surface area contributed by atoms with Gasteiger partial charge in [-0.25, -0.2) is 4.79 Å². The van der Waals surface area contributed by atoms with E-state index in [-0.39, 0.29) is 19.1 Å². The number of Topliss-reactive ketones (excluding diaryl/α,β-unsaturated/α-hetero) is 1. The molecule has 9 nitrogen and oxygen atoms in total. The van der Waals surface area contributed by atoms with Gasteiger partial charge in [-0.3, -0.25) is 14.4 Å². The summed E-state index contributed by atoms with van der Waals surface area (Å²) in [5.41, 5.74) is 0.813. The molecular formula is C21H29N3O6. The summed E-state index contributed by atoms with van der Waals surface area (Å²) in [4.78, 5) is 49.2. The van der Waals surface area contributed by atoms with Crippen LogP contribution in [0.2, 0.25) is 0 Å². The molecule has 1 heterocycles. The van der Waals surface area contributed by atoms with Gasteiger partial charge in [0, 0.05) is 13.2 Å². The molecule has 1 aromatic carbocycles. The van der Waals surface area contributed by atoms with Gasteiger partial charge in [0.05, 0.1) is 6.61 Å². The number of carbonyl (C=O) groups is 4. The zero-order valence-electron chi connectivity index (χ0n) is 17.3. The third-order valence-corrected chi connectivity index (χ3v) is 4.58. The fourth-order valence-corrected chi connectivity index (χ4v) is 2.85. The second-order valence-electron chi connectivity index (χ2n) is 7.39. The van der Waals surface area contributed by atoms with E-state index in [0.717, 1.165) is 12.0 Å². The quantitative estimate of drug-likeness (QED) is 0.589. The summed E-state index contributed by atoms with van der Waals surface area (Å²) in [5, 5.41) is 7.59. The summed E-state index contributed by atoms with van der Waals surface area (Å²) in [5.74, 6) is -2.41.